The van der Waals surface area contributed by atoms with Gasteiger partial charge in [-0.15, -0.1) is 0 Å². The van der Waals surface area contributed by atoms with E-state index in [1.165, 1.54) is 0 Å². The van der Waals surface area contributed by atoms with Gasteiger partial charge in [-0.25, -0.2) is 0 Å². The molecule has 0 spiro atoms. The van der Waals surface area contributed by atoms with Gasteiger partial charge in [0.2, 0.25) is 5.91 Å². The van der Waals surface area contributed by atoms with Crippen LogP contribution >= 0.6 is 11.8 Å². The second-order valence-electron chi connectivity index (χ2n) is 5.01. The zero-order valence-electron chi connectivity index (χ0n) is 10.4. The molecule has 98 valence electrons. The van der Waals surface area contributed by atoms with Crippen LogP contribution in [0.15, 0.2) is 5.16 Å². The van der Waals surface area contributed by atoms with Crippen molar-refractivity contribution in [2.45, 2.75) is 39.2 Å². The highest BCUT2D eigenvalue weighted by Crippen LogP contribution is 2.23. The molecule has 1 saturated carbocycles. The second kappa shape index (κ2) is 6.14. The fourth-order valence-electron chi connectivity index (χ4n) is 1.25. The Kier molecular flexibility index (Phi) is 5.11. The summed E-state index contributed by atoms with van der Waals surface area (Å²) in [7, 11) is 0. The Bertz CT molecular complexity index is 301. The van der Waals surface area contributed by atoms with Crippen LogP contribution in [0.4, 0.5) is 0 Å². The second-order valence-corrected chi connectivity index (χ2v) is 6.12. The summed E-state index contributed by atoms with van der Waals surface area (Å²) in [5, 5.41) is 14.6. The van der Waals surface area contributed by atoms with Crippen molar-refractivity contribution in [3.05, 3.63) is 0 Å². The first-order valence-corrected chi connectivity index (χ1v) is 6.96. The highest BCUT2D eigenvalue weighted by Gasteiger charge is 2.24. The van der Waals surface area contributed by atoms with Crippen molar-refractivity contribution < 1.29 is 10.0 Å². The van der Waals surface area contributed by atoms with Gasteiger partial charge in [0.05, 0.1) is 5.75 Å². The van der Waals surface area contributed by atoms with Crippen LogP contribution in [0.3, 0.4) is 0 Å². The fourth-order valence-corrected chi connectivity index (χ4v) is 2.32. The predicted octanol–water partition coefficient (Wildman–Crippen LogP) is 1.16. The summed E-state index contributed by atoms with van der Waals surface area (Å²) in [5.41, 5.74) is 5.25. The molecule has 5 nitrogen and oxygen atoms in total. The molecule has 0 aromatic carbocycles. The molecule has 0 bridgehead atoms. The van der Waals surface area contributed by atoms with Gasteiger partial charge in [-0.3, -0.25) is 4.79 Å². The van der Waals surface area contributed by atoms with E-state index in [0.29, 0.717) is 11.8 Å². The number of carbonyl (C=O) groups excluding carboxylic acids is 1. The van der Waals surface area contributed by atoms with Crippen LogP contribution in [0, 0.1) is 5.41 Å². The predicted molar refractivity (Wildman–Crippen MR) is 70.3 cm³/mol. The van der Waals surface area contributed by atoms with E-state index in [2.05, 4.69) is 10.5 Å². The third-order valence-electron chi connectivity index (χ3n) is 2.85. The number of hydrogen-bond donors (Lipinski definition) is 3. The number of amidine groups is 1. The molecule has 0 saturated heterocycles. The first-order chi connectivity index (χ1) is 7.95. The normalized spacial score (nSPS) is 16.9. The minimum absolute atomic E-state index is 0.110. The van der Waals surface area contributed by atoms with Crippen LogP contribution in [-0.4, -0.2) is 34.5 Å². The van der Waals surface area contributed by atoms with Crippen molar-refractivity contribution in [2.75, 3.05) is 11.5 Å². The zero-order chi connectivity index (χ0) is 12.9. The molecule has 17 heavy (non-hydrogen) atoms. The fraction of sp³-hybridized carbons (Fsp3) is 0.818. The quantitative estimate of drug-likeness (QED) is 0.210. The first-order valence-electron chi connectivity index (χ1n) is 5.81. The van der Waals surface area contributed by atoms with Gasteiger partial charge in [0.1, 0.15) is 5.84 Å². The van der Waals surface area contributed by atoms with Gasteiger partial charge < -0.3 is 16.3 Å². The lowest BCUT2D eigenvalue weighted by Gasteiger charge is -2.22. The van der Waals surface area contributed by atoms with E-state index in [-0.39, 0.29) is 17.2 Å². The smallest absolute Gasteiger partial charge is 0.230 e. The van der Waals surface area contributed by atoms with Crippen molar-refractivity contribution in [1.29, 1.82) is 0 Å². The van der Waals surface area contributed by atoms with Crippen LogP contribution in [0.5, 0.6) is 0 Å². The highest BCUT2D eigenvalue weighted by molar-refractivity contribution is 7.99. The summed E-state index contributed by atoms with van der Waals surface area (Å²) in [4.78, 5) is 11.4. The number of hydrogen-bond acceptors (Lipinski definition) is 4. The molecule has 1 aliphatic rings. The Labute approximate surface area is 106 Å². The average molecular weight is 259 g/mol. The molecule has 0 atom stereocenters. The van der Waals surface area contributed by atoms with Gasteiger partial charge in [-0.2, -0.15) is 11.8 Å². The van der Waals surface area contributed by atoms with Crippen LogP contribution in [0.1, 0.15) is 33.1 Å². The Hall–Kier alpha value is -0.910. The molecule has 0 aliphatic heterocycles. The molecule has 0 heterocycles. The van der Waals surface area contributed by atoms with Gasteiger partial charge in [-0.1, -0.05) is 19.0 Å². The van der Waals surface area contributed by atoms with E-state index in [1.807, 2.05) is 13.8 Å². The molecule has 0 unspecified atom stereocenters. The van der Waals surface area contributed by atoms with Gasteiger partial charge in [0, 0.05) is 11.5 Å². The third kappa shape index (κ3) is 5.30. The third-order valence-corrected chi connectivity index (χ3v) is 3.81. The zero-order valence-corrected chi connectivity index (χ0v) is 11.2. The molecular formula is C11H21N3O2S. The molecule has 0 radical (unpaired) electrons. The summed E-state index contributed by atoms with van der Waals surface area (Å²) < 4.78 is 0. The van der Waals surface area contributed by atoms with Crippen LogP contribution in [0.2, 0.25) is 0 Å². The van der Waals surface area contributed by atoms with Gasteiger partial charge in [0.15, 0.2) is 0 Å². The van der Waals surface area contributed by atoms with Gasteiger partial charge >= 0.3 is 0 Å². The number of thioether (sulfide) groups is 1. The summed E-state index contributed by atoms with van der Waals surface area (Å²) in [6.45, 7) is 3.85. The Balaban J connectivity index is 2.12. The van der Waals surface area contributed by atoms with E-state index < -0.39 is 0 Å². The lowest BCUT2D eigenvalue weighted by molar-refractivity contribution is -0.118. The van der Waals surface area contributed by atoms with Crippen molar-refractivity contribution >= 4 is 23.5 Å². The summed E-state index contributed by atoms with van der Waals surface area (Å²) in [6.07, 6.45) is 3.02. The van der Waals surface area contributed by atoms with Crippen molar-refractivity contribution in [3.63, 3.8) is 0 Å². The van der Waals surface area contributed by atoms with Crippen molar-refractivity contribution in [1.82, 2.24) is 5.32 Å². The average Bonchev–Trinajstić information content (AvgIpc) is 3.07. The van der Waals surface area contributed by atoms with E-state index in [1.54, 1.807) is 11.8 Å². The van der Waals surface area contributed by atoms with Gasteiger partial charge in [-0.05, 0) is 25.0 Å². The largest absolute Gasteiger partial charge is 0.409 e. The first kappa shape index (κ1) is 14.2. The maximum absolute atomic E-state index is 11.4. The number of oxime groups is 1. The number of nitrogens with zero attached hydrogens (tertiary/aromatic N) is 1. The van der Waals surface area contributed by atoms with Crippen LogP contribution in [-0.2, 0) is 4.79 Å². The molecular weight excluding hydrogens is 238 g/mol. The molecule has 1 aliphatic carbocycles. The topological polar surface area (TPSA) is 87.7 Å². The van der Waals surface area contributed by atoms with Crippen molar-refractivity contribution in [2.24, 2.45) is 16.3 Å². The standard InChI is InChI=1S/C11H21N3O2S/c1-11(2,10(12)14-16)5-6-17-7-9(15)13-8-3-4-8/h8,16H,3-7H2,1-2H3,(H2,12,14)(H,13,15). The molecule has 1 fully saturated rings. The SMILES string of the molecule is CC(C)(CCSCC(=O)NC1CC1)C(N)=NO. The van der Waals surface area contributed by atoms with Crippen LogP contribution < -0.4 is 11.1 Å². The maximum Gasteiger partial charge on any atom is 0.230 e. The number of amides is 1. The monoisotopic (exact) mass is 259 g/mol. The van der Waals surface area contributed by atoms with E-state index in [9.17, 15) is 4.79 Å². The summed E-state index contributed by atoms with van der Waals surface area (Å²) in [5.74, 6) is 1.66. The summed E-state index contributed by atoms with van der Waals surface area (Å²) >= 11 is 1.58. The molecule has 1 amide bonds. The van der Waals surface area contributed by atoms with Crippen LogP contribution in [0.25, 0.3) is 0 Å². The minimum Gasteiger partial charge on any atom is -0.409 e. The molecule has 0 aromatic heterocycles. The highest BCUT2D eigenvalue weighted by atomic mass is 32.2. The molecule has 0 aromatic rings. The molecule has 6 heteroatoms. The summed E-state index contributed by atoms with van der Waals surface area (Å²) in [6, 6.07) is 0.428. The number of rotatable bonds is 7. The minimum atomic E-state index is -0.325. The van der Waals surface area contributed by atoms with E-state index in [0.717, 1.165) is 25.0 Å². The van der Waals surface area contributed by atoms with Crippen molar-refractivity contribution in [3.8, 4) is 0 Å². The Morgan fingerprint density at radius 1 is 1.59 bits per heavy atom. The number of nitrogens with one attached hydrogen (secondary N) is 1. The number of carbonyl (C=O) groups is 1. The van der Waals surface area contributed by atoms with E-state index >= 15 is 0 Å². The lowest BCUT2D eigenvalue weighted by atomic mass is 9.89. The number of nitrogens with two attached hydrogens (primary N) is 1. The molecule has 4 N–H and O–H groups in total. The lowest BCUT2D eigenvalue weighted by Crippen LogP contribution is -2.32. The molecule has 1 rings (SSSR count). The Morgan fingerprint density at radius 3 is 2.76 bits per heavy atom. The Morgan fingerprint density at radius 2 is 2.24 bits per heavy atom. The van der Waals surface area contributed by atoms with Gasteiger partial charge in [0.25, 0.3) is 0 Å². The maximum atomic E-state index is 11.4. The van der Waals surface area contributed by atoms with E-state index in [4.69, 9.17) is 10.9 Å².